The molecule has 1 aromatic carbocycles. The van der Waals surface area contributed by atoms with Gasteiger partial charge in [-0.25, -0.2) is 13.1 Å². The Morgan fingerprint density at radius 2 is 2.00 bits per heavy atom. The molecule has 7 nitrogen and oxygen atoms in total. The third-order valence-electron chi connectivity index (χ3n) is 3.79. The molecule has 8 heteroatoms. The second-order valence-corrected chi connectivity index (χ2v) is 7.22. The average molecular weight is 338 g/mol. The molecule has 0 fully saturated rings. The Hall–Kier alpha value is -1.77. The third kappa shape index (κ3) is 4.37. The number of rotatable bonds is 8. The Kier molecular flexibility index (Phi) is 5.51. The van der Waals surface area contributed by atoms with Gasteiger partial charge in [-0.1, -0.05) is 30.3 Å². The van der Waals surface area contributed by atoms with Crippen LogP contribution in [0, 0.1) is 0 Å². The summed E-state index contributed by atoms with van der Waals surface area (Å²) in [6, 6.07) is 9.30. The Labute approximate surface area is 136 Å². The molecule has 0 bridgehead atoms. The first-order chi connectivity index (χ1) is 10.9. The SMILES string of the molecule is CCn1cnnc1CNS(=O)(=O)C[C@](C)(OC)c1ccccc1. The lowest BCUT2D eigenvalue weighted by atomic mass is 9.98. The van der Waals surface area contributed by atoms with Gasteiger partial charge in [-0.3, -0.25) is 0 Å². The van der Waals surface area contributed by atoms with Crippen molar-refractivity contribution in [3.05, 3.63) is 48.0 Å². The van der Waals surface area contributed by atoms with Crippen LogP contribution in [0.25, 0.3) is 0 Å². The van der Waals surface area contributed by atoms with Crippen molar-refractivity contribution in [1.29, 1.82) is 0 Å². The number of nitrogens with zero attached hydrogens (tertiary/aromatic N) is 3. The molecule has 0 aliphatic heterocycles. The van der Waals surface area contributed by atoms with Gasteiger partial charge in [0.25, 0.3) is 0 Å². The van der Waals surface area contributed by atoms with E-state index in [0.29, 0.717) is 12.4 Å². The number of hydrogen-bond acceptors (Lipinski definition) is 5. The minimum absolute atomic E-state index is 0.102. The lowest BCUT2D eigenvalue weighted by Crippen LogP contribution is -2.39. The summed E-state index contributed by atoms with van der Waals surface area (Å²) in [5.74, 6) is 0.399. The first-order valence-corrected chi connectivity index (χ1v) is 9.00. The molecule has 0 radical (unpaired) electrons. The molecule has 1 N–H and O–H groups in total. The fourth-order valence-corrected chi connectivity index (χ4v) is 3.78. The third-order valence-corrected chi connectivity index (χ3v) is 5.30. The topological polar surface area (TPSA) is 86.1 Å². The van der Waals surface area contributed by atoms with Gasteiger partial charge in [0.15, 0.2) is 0 Å². The van der Waals surface area contributed by atoms with Crippen molar-refractivity contribution in [1.82, 2.24) is 19.5 Å². The first-order valence-electron chi connectivity index (χ1n) is 7.35. The lowest BCUT2D eigenvalue weighted by molar-refractivity contribution is 0.0220. The quantitative estimate of drug-likeness (QED) is 0.783. The summed E-state index contributed by atoms with van der Waals surface area (Å²) < 4.78 is 34.7. The van der Waals surface area contributed by atoms with Gasteiger partial charge in [0.2, 0.25) is 10.0 Å². The van der Waals surface area contributed by atoms with Gasteiger partial charge in [-0.05, 0) is 19.4 Å². The molecule has 0 spiro atoms. The highest BCUT2D eigenvalue weighted by Gasteiger charge is 2.32. The predicted molar refractivity (Wildman–Crippen MR) is 87.1 cm³/mol. The minimum atomic E-state index is -3.56. The minimum Gasteiger partial charge on any atom is -0.373 e. The van der Waals surface area contributed by atoms with Crippen LogP contribution in [0.1, 0.15) is 25.2 Å². The van der Waals surface area contributed by atoms with Gasteiger partial charge in [0.05, 0.1) is 12.3 Å². The number of methoxy groups -OCH3 is 1. The van der Waals surface area contributed by atoms with E-state index in [0.717, 1.165) is 5.56 Å². The lowest BCUT2D eigenvalue weighted by Gasteiger charge is -2.28. The molecule has 1 atom stereocenters. The summed E-state index contributed by atoms with van der Waals surface area (Å²) in [7, 11) is -2.05. The zero-order chi connectivity index (χ0) is 16.9. The van der Waals surface area contributed by atoms with Gasteiger partial charge >= 0.3 is 0 Å². The highest BCUT2D eigenvalue weighted by atomic mass is 32.2. The number of nitrogens with one attached hydrogen (secondary N) is 1. The van der Waals surface area contributed by atoms with E-state index in [1.165, 1.54) is 7.11 Å². The van der Waals surface area contributed by atoms with E-state index in [-0.39, 0.29) is 12.3 Å². The monoisotopic (exact) mass is 338 g/mol. The van der Waals surface area contributed by atoms with E-state index in [4.69, 9.17) is 4.74 Å². The van der Waals surface area contributed by atoms with Crippen molar-refractivity contribution in [3.63, 3.8) is 0 Å². The molecule has 2 rings (SSSR count). The summed E-state index contributed by atoms with van der Waals surface area (Å²) in [4.78, 5) is 0. The van der Waals surface area contributed by atoms with Gasteiger partial charge < -0.3 is 9.30 Å². The summed E-state index contributed by atoms with van der Waals surface area (Å²) in [6.45, 7) is 4.49. The van der Waals surface area contributed by atoms with Crippen molar-refractivity contribution >= 4 is 10.0 Å². The fraction of sp³-hybridized carbons (Fsp3) is 0.467. The summed E-state index contributed by atoms with van der Waals surface area (Å²) in [5.41, 5.74) is -0.115. The Bertz CT molecular complexity index is 730. The van der Waals surface area contributed by atoms with Crippen LogP contribution in [-0.4, -0.2) is 36.0 Å². The maximum absolute atomic E-state index is 12.4. The van der Waals surface area contributed by atoms with E-state index in [1.54, 1.807) is 17.8 Å². The van der Waals surface area contributed by atoms with Gasteiger partial charge in [0, 0.05) is 13.7 Å². The standard InChI is InChI=1S/C15H22N4O3S/c1-4-19-12-16-18-14(19)10-17-23(20,21)11-15(2,22-3)13-8-6-5-7-9-13/h5-9,12,17H,4,10-11H2,1-3H3/t15-/m0/s1. The summed E-state index contributed by atoms with van der Waals surface area (Å²) in [5, 5.41) is 7.71. The van der Waals surface area contributed by atoms with Crippen LogP contribution in [0.5, 0.6) is 0 Å². The van der Waals surface area contributed by atoms with Crippen molar-refractivity contribution in [2.24, 2.45) is 0 Å². The number of ether oxygens (including phenoxy) is 1. The molecule has 0 saturated carbocycles. The molecule has 0 unspecified atom stereocenters. The molecule has 2 aromatic rings. The van der Waals surface area contributed by atoms with Crippen molar-refractivity contribution in [3.8, 4) is 0 Å². The van der Waals surface area contributed by atoms with Gasteiger partial charge in [0.1, 0.15) is 17.8 Å². The van der Waals surface area contributed by atoms with E-state index >= 15 is 0 Å². The number of benzene rings is 1. The number of aryl methyl sites for hydroxylation is 1. The highest BCUT2D eigenvalue weighted by molar-refractivity contribution is 7.89. The average Bonchev–Trinajstić information content (AvgIpc) is 3.01. The van der Waals surface area contributed by atoms with E-state index < -0.39 is 15.6 Å². The summed E-state index contributed by atoms with van der Waals surface area (Å²) >= 11 is 0. The predicted octanol–water partition coefficient (Wildman–Crippen LogP) is 1.28. The smallest absolute Gasteiger partial charge is 0.215 e. The summed E-state index contributed by atoms with van der Waals surface area (Å²) in [6.07, 6.45) is 1.58. The molecular formula is C15H22N4O3S. The molecular weight excluding hydrogens is 316 g/mol. The molecule has 126 valence electrons. The van der Waals surface area contributed by atoms with Crippen LogP contribution < -0.4 is 4.72 Å². The normalized spacial score (nSPS) is 14.6. The maximum Gasteiger partial charge on any atom is 0.215 e. The molecule has 23 heavy (non-hydrogen) atoms. The number of sulfonamides is 1. The first kappa shape index (κ1) is 17.6. The van der Waals surface area contributed by atoms with E-state index in [1.807, 2.05) is 37.3 Å². The number of aromatic nitrogens is 3. The van der Waals surface area contributed by atoms with Crippen molar-refractivity contribution in [2.45, 2.75) is 32.5 Å². The zero-order valence-electron chi connectivity index (χ0n) is 13.6. The van der Waals surface area contributed by atoms with Gasteiger partial charge in [-0.15, -0.1) is 10.2 Å². The largest absolute Gasteiger partial charge is 0.373 e. The van der Waals surface area contributed by atoms with Crippen LogP contribution in [0.3, 0.4) is 0 Å². The molecule has 0 aliphatic carbocycles. The van der Waals surface area contributed by atoms with E-state index in [9.17, 15) is 8.42 Å². The second kappa shape index (κ2) is 7.20. The van der Waals surface area contributed by atoms with Crippen LogP contribution in [0.2, 0.25) is 0 Å². The van der Waals surface area contributed by atoms with Crippen LogP contribution in [-0.2, 0) is 33.5 Å². The molecule has 0 saturated heterocycles. The molecule has 0 aliphatic rings. The zero-order valence-corrected chi connectivity index (χ0v) is 14.4. The molecule has 1 aromatic heterocycles. The maximum atomic E-state index is 12.4. The van der Waals surface area contributed by atoms with Gasteiger partial charge in [-0.2, -0.15) is 0 Å². The Morgan fingerprint density at radius 3 is 2.61 bits per heavy atom. The molecule has 1 heterocycles. The Morgan fingerprint density at radius 1 is 1.30 bits per heavy atom. The van der Waals surface area contributed by atoms with Crippen LogP contribution in [0.4, 0.5) is 0 Å². The van der Waals surface area contributed by atoms with Crippen molar-refractivity contribution < 1.29 is 13.2 Å². The van der Waals surface area contributed by atoms with Crippen LogP contribution in [0.15, 0.2) is 36.7 Å². The number of hydrogen-bond donors (Lipinski definition) is 1. The van der Waals surface area contributed by atoms with Crippen LogP contribution >= 0.6 is 0 Å². The fourth-order valence-electron chi connectivity index (χ4n) is 2.32. The van der Waals surface area contributed by atoms with Crippen molar-refractivity contribution in [2.75, 3.05) is 12.9 Å². The Balaban J connectivity index is 2.10. The van der Waals surface area contributed by atoms with E-state index in [2.05, 4.69) is 14.9 Å². The highest BCUT2D eigenvalue weighted by Crippen LogP contribution is 2.26. The second-order valence-electron chi connectivity index (χ2n) is 5.41. The molecule has 0 amide bonds.